The number of ketones is 1. The molecular weight excluding hydrogens is 276 g/mol. The van der Waals surface area contributed by atoms with E-state index in [1.54, 1.807) is 7.11 Å². The first-order chi connectivity index (χ1) is 10.7. The molecule has 1 aromatic carbocycles. The van der Waals surface area contributed by atoms with E-state index in [0.717, 1.165) is 30.8 Å². The summed E-state index contributed by atoms with van der Waals surface area (Å²) in [6, 6.07) is 11.5. The second-order valence-corrected chi connectivity index (χ2v) is 5.46. The van der Waals surface area contributed by atoms with Gasteiger partial charge in [0.1, 0.15) is 11.4 Å². The largest absolute Gasteiger partial charge is 0.497 e. The Morgan fingerprint density at radius 2 is 2.05 bits per heavy atom. The number of benzene rings is 1. The molecule has 0 radical (unpaired) electrons. The fraction of sp³-hybridized carbons (Fsp3) is 0.333. The molecule has 0 fully saturated rings. The predicted molar refractivity (Wildman–Crippen MR) is 86.2 cm³/mol. The molecule has 4 heteroatoms. The van der Waals surface area contributed by atoms with Gasteiger partial charge in [-0.15, -0.1) is 0 Å². The van der Waals surface area contributed by atoms with Crippen LogP contribution in [0.4, 0.5) is 0 Å². The van der Waals surface area contributed by atoms with Crippen LogP contribution >= 0.6 is 0 Å². The second kappa shape index (κ2) is 6.18. The third-order valence-corrected chi connectivity index (χ3v) is 4.20. The SMILES string of the molecule is CCC1=[N+](CC(=O)c2ccc(OC)cc2)CCn2cccc21. The van der Waals surface area contributed by atoms with Gasteiger partial charge in [-0.25, -0.2) is 4.58 Å². The normalized spacial score (nSPS) is 13.9. The number of aromatic nitrogens is 1. The van der Waals surface area contributed by atoms with Gasteiger partial charge in [0.2, 0.25) is 12.3 Å². The molecule has 22 heavy (non-hydrogen) atoms. The number of ether oxygens (including phenoxy) is 1. The number of carbonyl (C=O) groups excluding carboxylic acids is 1. The van der Waals surface area contributed by atoms with E-state index >= 15 is 0 Å². The second-order valence-electron chi connectivity index (χ2n) is 5.46. The Balaban J connectivity index is 1.83. The molecule has 0 aliphatic carbocycles. The smallest absolute Gasteiger partial charge is 0.227 e. The molecule has 2 aromatic rings. The summed E-state index contributed by atoms with van der Waals surface area (Å²) in [6.07, 6.45) is 3.04. The number of hydrogen-bond acceptors (Lipinski definition) is 2. The van der Waals surface area contributed by atoms with Crippen molar-refractivity contribution in [3.05, 3.63) is 53.9 Å². The van der Waals surface area contributed by atoms with Crippen molar-refractivity contribution in [2.45, 2.75) is 19.9 Å². The molecule has 0 unspecified atom stereocenters. The minimum Gasteiger partial charge on any atom is -0.497 e. The van der Waals surface area contributed by atoms with E-state index in [4.69, 9.17) is 4.74 Å². The third kappa shape index (κ3) is 2.69. The first-order valence-corrected chi connectivity index (χ1v) is 7.66. The van der Waals surface area contributed by atoms with Crippen molar-refractivity contribution in [2.24, 2.45) is 0 Å². The van der Waals surface area contributed by atoms with E-state index < -0.39 is 0 Å². The van der Waals surface area contributed by atoms with E-state index in [1.807, 2.05) is 24.3 Å². The molecule has 1 aromatic heterocycles. The number of fused-ring (bicyclic) bond motifs is 1. The van der Waals surface area contributed by atoms with Gasteiger partial charge in [-0.05, 0) is 36.4 Å². The van der Waals surface area contributed by atoms with E-state index in [9.17, 15) is 4.79 Å². The minimum absolute atomic E-state index is 0.147. The zero-order valence-electron chi connectivity index (χ0n) is 13.1. The monoisotopic (exact) mass is 297 g/mol. The lowest BCUT2D eigenvalue weighted by Crippen LogP contribution is -2.35. The van der Waals surface area contributed by atoms with Crippen molar-refractivity contribution >= 4 is 11.5 Å². The van der Waals surface area contributed by atoms with Crippen LogP contribution in [0.15, 0.2) is 42.6 Å². The lowest BCUT2D eigenvalue weighted by molar-refractivity contribution is -0.519. The van der Waals surface area contributed by atoms with Gasteiger partial charge >= 0.3 is 0 Å². The highest BCUT2D eigenvalue weighted by molar-refractivity contribution is 5.99. The number of methoxy groups -OCH3 is 1. The summed E-state index contributed by atoms with van der Waals surface area (Å²) in [5, 5.41) is 0. The molecule has 0 spiro atoms. The number of nitrogens with zero attached hydrogens (tertiary/aromatic N) is 2. The summed E-state index contributed by atoms with van der Waals surface area (Å²) in [6.45, 7) is 4.39. The molecule has 114 valence electrons. The Morgan fingerprint density at radius 3 is 2.73 bits per heavy atom. The molecule has 4 nitrogen and oxygen atoms in total. The van der Waals surface area contributed by atoms with E-state index in [0.29, 0.717) is 6.54 Å². The van der Waals surface area contributed by atoms with Crippen LogP contribution in [0.25, 0.3) is 0 Å². The Kier molecular flexibility index (Phi) is 4.09. The van der Waals surface area contributed by atoms with Crippen LogP contribution in [-0.2, 0) is 6.54 Å². The molecule has 2 heterocycles. The molecule has 3 rings (SSSR count). The first-order valence-electron chi connectivity index (χ1n) is 7.66. The molecule has 1 aliphatic heterocycles. The van der Waals surface area contributed by atoms with Crippen molar-refractivity contribution in [3.8, 4) is 5.75 Å². The van der Waals surface area contributed by atoms with Crippen molar-refractivity contribution in [2.75, 3.05) is 20.2 Å². The van der Waals surface area contributed by atoms with Gasteiger partial charge in [-0.2, -0.15) is 0 Å². The maximum absolute atomic E-state index is 12.5. The molecule has 0 saturated heterocycles. The van der Waals surface area contributed by atoms with Gasteiger partial charge in [-0.3, -0.25) is 4.79 Å². The van der Waals surface area contributed by atoms with Crippen LogP contribution < -0.4 is 4.74 Å². The van der Waals surface area contributed by atoms with Gasteiger partial charge in [-0.1, -0.05) is 6.92 Å². The van der Waals surface area contributed by atoms with Crippen LogP contribution in [-0.4, -0.2) is 40.8 Å². The Morgan fingerprint density at radius 1 is 1.27 bits per heavy atom. The maximum atomic E-state index is 12.5. The van der Waals surface area contributed by atoms with Crippen LogP contribution in [0.3, 0.4) is 0 Å². The molecule has 0 saturated carbocycles. The van der Waals surface area contributed by atoms with E-state index in [1.165, 1.54) is 11.4 Å². The lowest BCUT2D eigenvalue weighted by Gasteiger charge is -2.17. The van der Waals surface area contributed by atoms with Crippen LogP contribution in [0.1, 0.15) is 29.4 Å². The first kappa shape index (κ1) is 14.6. The lowest BCUT2D eigenvalue weighted by atomic mass is 10.1. The van der Waals surface area contributed by atoms with E-state index in [2.05, 4.69) is 34.4 Å². The summed E-state index contributed by atoms with van der Waals surface area (Å²) in [7, 11) is 1.63. The van der Waals surface area contributed by atoms with Crippen LogP contribution in [0.5, 0.6) is 5.75 Å². The Hall–Kier alpha value is -2.36. The number of Topliss-reactive ketones (excluding diaryl/α,β-unsaturated/α-hetero) is 1. The van der Waals surface area contributed by atoms with Crippen molar-refractivity contribution in [3.63, 3.8) is 0 Å². The fourth-order valence-electron chi connectivity index (χ4n) is 3.02. The Bertz CT molecular complexity index is 711. The van der Waals surface area contributed by atoms with Gasteiger partial charge in [0.05, 0.1) is 13.7 Å². The number of carbonyl (C=O) groups is 1. The number of hydrogen-bond donors (Lipinski definition) is 0. The zero-order valence-corrected chi connectivity index (χ0v) is 13.1. The third-order valence-electron chi connectivity index (χ3n) is 4.20. The van der Waals surface area contributed by atoms with Gasteiger partial charge in [0.25, 0.3) is 0 Å². The molecular formula is C18H21N2O2+. The fourth-order valence-corrected chi connectivity index (χ4v) is 3.02. The maximum Gasteiger partial charge on any atom is 0.227 e. The summed E-state index contributed by atoms with van der Waals surface area (Å²) >= 11 is 0. The van der Waals surface area contributed by atoms with Gasteiger partial charge in [0, 0.05) is 18.2 Å². The summed E-state index contributed by atoms with van der Waals surface area (Å²) in [5.41, 5.74) is 3.21. The molecule has 0 amide bonds. The standard InChI is InChI=1S/C18H21N2O2/c1-3-16-17-5-4-10-19(17)11-12-20(16)13-18(21)14-6-8-15(22-2)9-7-14/h4-10H,3,11-13H2,1-2H3/q+1. The highest BCUT2D eigenvalue weighted by Crippen LogP contribution is 2.14. The molecule has 0 atom stereocenters. The van der Waals surface area contributed by atoms with Gasteiger partial charge in [0.15, 0.2) is 12.3 Å². The van der Waals surface area contributed by atoms with Crippen molar-refractivity contribution in [1.82, 2.24) is 4.57 Å². The highest BCUT2D eigenvalue weighted by atomic mass is 16.5. The minimum atomic E-state index is 0.147. The Labute approximate surface area is 130 Å². The summed E-state index contributed by atoms with van der Waals surface area (Å²) in [4.78, 5) is 12.5. The average molecular weight is 297 g/mol. The van der Waals surface area contributed by atoms with Crippen LogP contribution in [0.2, 0.25) is 0 Å². The highest BCUT2D eigenvalue weighted by Gasteiger charge is 2.25. The number of rotatable bonds is 5. The van der Waals surface area contributed by atoms with E-state index in [-0.39, 0.29) is 5.78 Å². The van der Waals surface area contributed by atoms with Gasteiger partial charge < -0.3 is 9.30 Å². The van der Waals surface area contributed by atoms with Crippen molar-refractivity contribution in [1.29, 1.82) is 0 Å². The van der Waals surface area contributed by atoms with Crippen LogP contribution in [0, 0.1) is 0 Å². The molecule has 1 aliphatic rings. The summed E-state index contributed by atoms with van der Waals surface area (Å²) in [5.74, 6) is 0.918. The molecule has 0 bridgehead atoms. The zero-order chi connectivity index (χ0) is 15.5. The molecule has 0 N–H and O–H groups in total. The quantitative estimate of drug-likeness (QED) is 0.628. The summed E-state index contributed by atoms with van der Waals surface area (Å²) < 4.78 is 9.60. The predicted octanol–water partition coefficient (Wildman–Crippen LogP) is 2.60. The average Bonchev–Trinajstić information content (AvgIpc) is 3.03. The van der Waals surface area contributed by atoms with Crippen molar-refractivity contribution < 1.29 is 14.1 Å². The topological polar surface area (TPSA) is 34.2 Å².